The highest BCUT2D eigenvalue weighted by molar-refractivity contribution is 6.07. The molecule has 240 valence electrons. The number of benzene rings is 7. The van der Waals surface area contributed by atoms with Gasteiger partial charge in [0.1, 0.15) is 11.2 Å². The molecule has 10 rings (SSSR count). The van der Waals surface area contributed by atoms with Crippen molar-refractivity contribution in [2.75, 3.05) is 4.90 Å². The lowest BCUT2D eigenvalue weighted by atomic mass is 9.81. The van der Waals surface area contributed by atoms with Gasteiger partial charge in [-0.25, -0.2) is 0 Å². The van der Waals surface area contributed by atoms with Gasteiger partial charge in [-0.3, -0.25) is 0 Å². The van der Waals surface area contributed by atoms with Gasteiger partial charge in [-0.05, 0) is 98.6 Å². The van der Waals surface area contributed by atoms with E-state index in [0.29, 0.717) is 0 Å². The first kappa shape index (κ1) is 29.1. The van der Waals surface area contributed by atoms with Gasteiger partial charge in [0.2, 0.25) is 0 Å². The standard InChI is InChI=1S/C48H37NO/c1-47(2)40-19-11-8-16-33(40)35-24-22-32(27-42(35)47)49(31-23-25-46-39(26-31)36-18-10-13-21-45(36)50-46)44-29-43-38(28-37(44)30-14-6-5-7-15-30)34-17-9-12-20-41(34)48(43,3)4/h5-29H,1-4H3. The van der Waals surface area contributed by atoms with Gasteiger partial charge in [-0.1, -0.05) is 131 Å². The summed E-state index contributed by atoms with van der Waals surface area (Å²) in [6, 6.07) is 55.7. The zero-order valence-corrected chi connectivity index (χ0v) is 28.8. The second kappa shape index (κ2) is 10.3. The van der Waals surface area contributed by atoms with Crippen LogP contribution in [0.5, 0.6) is 0 Å². The zero-order chi connectivity index (χ0) is 33.8. The van der Waals surface area contributed by atoms with E-state index in [0.717, 1.165) is 39.0 Å². The minimum Gasteiger partial charge on any atom is -0.456 e. The third-order valence-corrected chi connectivity index (χ3v) is 11.5. The quantitative estimate of drug-likeness (QED) is 0.190. The Morgan fingerprint density at radius 1 is 0.400 bits per heavy atom. The second-order valence-corrected chi connectivity index (χ2v) is 15.0. The molecule has 50 heavy (non-hydrogen) atoms. The largest absolute Gasteiger partial charge is 0.456 e. The minimum atomic E-state index is -0.145. The lowest BCUT2D eigenvalue weighted by Crippen LogP contribution is -2.18. The van der Waals surface area contributed by atoms with Crippen LogP contribution in [0.25, 0.3) is 55.3 Å². The molecule has 7 aromatic carbocycles. The fourth-order valence-electron chi connectivity index (χ4n) is 8.88. The Balaban J connectivity index is 1.28. The number of furan rings is 1. The Morgan fingerprint density at radius 3 is 1.72 bits per heavy atom. The molecule has 1 heterocycles. The number of anilines is 3. The summed E-state index contributed by atoms with van der Waals surface area (Å²) in [6.45, 7) is 9.46. The third-order valence-electron chi connectivity index (χ3n) is 11.5. The number of hydrogen-bond donors (Lipinski definition) is 0. The summed E-state index contributed by atoms with van der Waals surface area (Å²) in [6.07, 6.45) is 0. The number of hydrogen-bond acceptors (Lipinski definition) is 2. The zero-order valence-electron chi connectivity index (χ0n) is 28.8. The van der Waals surface area contributed by atoms with Crippen molar-refractivity contribution in [3.63, 3.8) is 0 Å². The third kappa shape index (κ3) is 4.02. The molecule has 1 aromatic heterocycles. The molecule has 0 fully saturated rings. The maximum absolute atomic E-state index is 6.32. The van der Waals surface area contributed by atoms with Crippen molar-refractivity contribution < 1.29 is 4.42 Å². The van der Waals surface area contributed by atoms with Crippen LogP contribution < -0.4 is 4.90 Å². The van der Waals surface area contributed by atoms with Crippen LogP contribution in [0.4, 0.5) is 17.1 Å². The van der Waals surface area contributed by atoms with Gasteiger partial charge in [0.05, 0.1) is 5.69 Å². The van der Waals surface area contributed by atoms with E-state index in [9.17, 15) is 0 Å². The van der Waals surface area contributed by atoms with Crippen molar-refractivity contribution in [2.24, 2.45) is 0 Å². The van der Waals surface area contributed by atoms with Crippen LogP contribution in [-0.2, 0) is 10.8 Å². The van der Waals surface area contributed by atoms with E-state index in [1.165, 1.54) is 55.6 Å². The summed E-state index contributed by atoms with van der Waals surface area (Å²) < 4.78 is 6.32. The van der Waals surface area contributed by atoms with Gasteiger partial charge in [0.25, 0.3) is 0 Å². The van der Waals surface area contributed by atoms with E-state index in [2.05, 4.69) is 178 Å². The number of para-hydroxylation sites is 1. The van der Waals surface area contributed by atoms with Crippen LogP contribution in [0.1, 0.15) is 49.9 Å². The predicted octanol–water partition coefficient (Wildman–Crippen LogP) is 13.3. The van der Waals surface area contributed by atoms with Gasteiger partial charge in [-0.15, -0.1) is 0 Å². The van der Waals surface area contributed by atoms with Gasteiger partial charge in [-0.2, -0.15) is 0 Å². The Labute approximate surface area is 293 Å². The maximum Gasteiger partial charge on any atom is 0.135 e. The summed E-state index contributed by atoms with van der Waals surface area (Å²) in [5.41, 5.74) is 18.1. The molecular weight excluding hydrogens is 607 g/mol. The summed E-state index contributed by atoms with van der Waals surface area (Å²) in [7, 11) is 0. The van der Waals surface area contributed by atoms with Gasteiger partial charge in [0.15, 0.2) is 0 Å². The smallest absolute Gasteiger partial charge is 0.135 e. The van der Waals surface area contributed by atoms with E-state index in [1.807, 2.05) is 6.07 Å². The van der Waals surface area contributed by atoms with Crippen LogP contribution in [0, 0.1) is 0 Å². The molecule has 0 atom stereocenters. The van der Waals surface area contributed by atoms with Crippen molar-refractivity contribution in [3.05, 3.63) is 174 Å². The first-order valence-electron chi connectivity index (χ1n) is 17.6. The summed E-state index contributed by atoms with van der Waals surface area (Å²) >= 11 is 0. The summed E-state index contributed by atoms with van der Waals surface area (Å²) in [4.78, 5) is 2.49. The minimum absolute atomic E-state index is 0.123. The van der Waals surface area contributed by atoms with Crippen molar-refractivity contribution in [1.29, 1.82) is 0 Å². The molecule has 2 heteroatoms. The van der Waals surface area contributed by atoms with Crippen molar-refractivity contribution >= 4 is 39.0 Å². The van der Waals surface area contributed by atoms with E-state index < -0.39 is 0 Å². The second-order valence-electron chi connectivity index (χ2n) is 15.0. The first-order valence-corrected chi connectivity index (χ1v) is 17.6. The Morgan fingerprint density at radius 2 is 0.960 bits per heavy atom. The highest BCUT2D eigenvalue weighted by Crippen LogP contribution is 2.55. The fraction of sp³-hybridized carbons (Fsp3) is 0.125. The van der Waals surface area contributed by atoms with Crippen molar-refractivity contribution in [2.45, 2.75) is 38.5 Å². The van der Waals surface area contributed by atoms with Crippen molar-refractivity contribution in [3.8, 4) is 33.4 Å². The van der Waals surface area contributed by atoms with Crippen LogP contribution in [0.15, 0.2) is 156 Å². The highest BCUT2D eigenvalue weighted by atomic mass is 16.3. The molecule has 2 aliphatic rings. The van der Waals surface area contributed by atoms with Gasteiger partial charge in [0, 0.05) is 38.5 Å². The molecule has 0 amide bonds. The molecular formula is C48H37NO. The van der Waals surface area contributed by atoms with Crippen molar-refractivity contribution in [1.82, 2.24) is 0 Å². The molecule has 0 aliphatic heterocycles. The Hall–Kier alpha value is -5.86. The van der Waals surface area contributed by atoms with E-state index in [4.69, 9.17) is 4.42 Å². The van der Waals surface area contributed by atoms with Crippen LogP contribution in [-0.4, -0.2) is 0 Å². The normalized spacial score (nSPS) is 14.7. The lowest BCUT2D eigenvalue weighted by Gasteiger charge is -2.31. The molecule has 2 aliphatic carbocycles. The molecule has 0 radical (unpaired) electrons. The van der Waals surface area contributed by atoms with E-state index in [-0.39, 0.29) is 10.8 Å². The molecule has 0 unspecified atom stereocenters. The number of rotatable bonds is 4. The molecule has 2 nitrogen and oxygen atoms in total. The summed E-state index contributed by atoms with van der Waals surface area (Å²) in [5.74, 6) is 0. The predicted molar refractivity (Wildman–Crippen MR) is 209 cm³/mol. The van der Waals surface area contributed by atoms with E-state index in [1.54, 1.807) is 0 Å². The van der Waals surface area contributed by atoms with Crippen LogP contribution in [0.2, 0.25) is 0 Å². The number of nitrogens with zero attached hydrogens (tertiary/aromatic N) is 1. The first-order chi connectivity index (χ1) is 24.3. The topological polar surface area (TPSA) is 16.4 Å². The van der Waals surface area contributed by atoms with Gasteiger partial charge >= 0.3 is 0 Å². The molecule has 0 spiro atoms. The molecule has 0 saturated heterocycles. The Kier molecular flexibility index (Phi) is 6.01. The molecule has 0 N–H and O–H groups in total. The maximum atomic E-state index is 6.32. The van der Waals surface area contributed by atoms with Crippen LogP contribution in [0.3, 0.4) is 0 Å². The highest BCUT2D eigenvalue weighted by Gasteiger charge is 2.38. The number of fused-ring (bicyclic) bond motifs is 9. The lowest BCUT2D eigenvalue weighted by molar-refractivity contribution is 0.660. The average molecular weight is 644 g/mol. The summed E-state index contributed by atoms with van der Waals surface area (Å²) in [5, 5.41) is 2.25. The monoisotopic (exact) mass is 643 g/mol. The fourth-order valence-corrected chi connectivity index (χ4v) is 8.88. The van der Waals surface area contributed by atoms with Gasteiger partial charge < -0.3 is 9.32 Å². The molecule has 8 aromatic rings. The average Bonchev–Trinajstić information content (AvgIpc) is 3.71. The SMILES string of the molecule is CC1(C)c2ccccc2-c2ccc(N(c3ccc4oc5ccccc5c4c3)c3cc4c(cc3-c3ccccc3)-c3ccccc3C4(C)C)cc21. The Bertz CT molecular complexity index is 2660. The van der Waals surface area contributed by atoms with Crippen LogP contribution >= 0.6 is 0 Å². The van der Waals surface area contributed by atoms with E-state index >= 15 is 0 Å². The molecule has 0 bridgehead atoms. The molecule has 0 saturated carbocycles.